The summed E-state index contributed by atoms with van der Waals surface area (Å²) < 4.78 is 1.70. The molecule has 2 rings (SSSR count). The molecule has 0 aliphatic heterocycles. The molecular formula is C18H23N3O3. The number of benzene rings is 1. The topological polar surface area (TPSA) is 84.2 Å². The van der Waals surface area contributed by atoms with Crippen LogP contribution in [0, 0.1) is 6.92 Å². The van der Waals surface area contributed by atoms with Crippen molar-refractivity contribution < 1.29 is 14.7 Å². The number of carboxylic acid groups (broad SMARTS) is 1. The largest absolute Gasteiger partial charge is 0.481 e. The van der Waals surface area contributed by atoms with E-state index in [1.807, 2.05) is 51.1 Å². The molecule has 1 amide bonds. The number of para-hydroxylation sites is 1. The monoisotopic (exact) mass is 329 g/mol. The second-order valence-corrected chi connectivity index (χ2v) is 5.93. The molecule has 128 valence electrons. The van der Waals surface area contributed by atoms with E-state index in [9.17, 15) is 9.59 Å². The van der Waals surface area contributed by atoms with Gasteiger partial charge in [-0.15, -0.1) is 0 Å². The Morgan fingerprint density at radius 2 is 1.83 bits per heavy atom. The standard InChI is InChI=1S/C18H23N3O3/c1-4-18(5-2,12-16(22)23)19-17(24)15-11-13(3)21(20-15)14-9-7-6-8-10-14/h6-11H,4-5,12H2,1-3H3,(H,19,24)(H,22,23). The number of aromatic nitrogens is 2. The molecule has 24 heavy (non-hydrogen) atoms. The van der Waals surface area contributed by atoms with Gasteiger partial charge in [0.1, 0.15) is 0 Å². The van der Waals surface area contributed by atoms with Gasteiger partial charge in [0.25, 0.3) is 5.91 Å². The van der Waals surface area contributed by atoms with E-state index < -0.39 is 11.5 Å². The van der Waals surface area contributed by atoms with Crippen LogP contribution in [0.4, 0.5) is 0 Å². The summed E-state index contributed by atoms with van der Waals surface area (Å²) in [5, 5.41) is 16.4. The number of rotatable bonds is 7. The number of aliphatic carboxylic acids is 1. The van der Waals surface area contributed by atoms with Gasteiger partial charge in [0.2, 0.25) is 0 Å². The van der Waals surface area contributed by atoms with Gasteiger partial charge in [-0.05, 0) is 38.0 Å². The lowest BCUT2D eigenvalue weighted by Crippen LogP contribution is -2.49. The first-order valence-electron chi connectivity index (χ1n) is 8.07. The fourth-order valence-corrected chi connectivity index (χ4v) is 2.73. The van der Waals surface area contributed by atoms with E-state index in [1.165, 1.54) is 0 Å². The summed E-state index contributed by atoms with van der Waals surface area (Å²) in [4.78, 5) is 23.7. The molecule has 0 saturated heterocycles. The lowest BCUT2D eigenvalue weighted by atomic mass is 9.89. The van der Waals surface area contributed by atoms with Gasteiger partial charge in [-0.1, -0.05) is 32.0 Å². The van der Waals surface area contributed by atoms with Crippen molar-refractivity contribution in [2.75, 3.05) is 0 Å². The first kappa shape index (κ1) is 17.7. The molecule has 1 heterocycles. The van der Waals surface area contributed by atoms with Crippen LogP contribution >= 0.6 is 0 Å². The first-order chi connectivity index (χ1) is 11.4. The SMILES string of the molecule is CCC(CC)(CC(=O)O)NC(=O)c1cc(C)n(-c2ccccc2)n1. The number of hydrogen-bond donors (Lipinski definition) is 2. The Balaban J connectivity index is 2.25. The highest BCUT2D eigenvalue weighted by Crippen LogP contribution is 2.21. The van der Waals surface area contributed by atoms with E-state index in [2.05, 4.69) is 10.4 Å². The predicted molar refractivity (Wildman–Crippen MR) is 91.3 cm³/mol. The van der Waals surface area contributed by atoms with E-state index in [0.717, 1.165) is 11.4 Å². The van der Waals surface area contributed by atoms with Crippen LogP contribution in [0.2, 0.25) is 0 Å². The predicted octanol–water partition coefficient (Wildman–Crippen LogP) is 2.94. The van der Waals surface area contributed by atoms with Crippen molar-refractivity contribution >= 4 is 11.9 Å². The fraction of sp³-hybridized carbons (Fsp3) is 0.389. The number of carbonyl (C=O) groups is 2. The van der Waals surface area contributed by atoms with E-state index in [4.69, 9.17) is 5.11 Å². The van der Waals surface area contributed by atoms with Gasteiger partial charge in [0.05, 0.1) is 17.6 Å². The van der Waals surface area contributed by atoms with Gasteiger partial charge in [-0.2, -0.15) is 5.10 Å². The van der Waals surface area contributed by atoms with Crippen LogP contribution in [-0.4, -0.2) is 32.3 Å². The van der Waals surface area contributed by atoms with Crippen LogP contribution in [0.5, 0.6) is 0 Å². The number of hydrogen-bond acceptors (Lipinski definition) is 3. The maximum Gasteiger partial charge on any atom is 0.305 e. The van der Waals surface area contributed by atoms with Crippen LogP contribution in [0.3, 0.4) is 0 Å². The molecule has 0 fully saturated rings. The van der Waals surface area contributed by atoms with E-state index >= 15 is 0 Å². The molecule has 6 heteroatoms. The normalized spacial score (nSPS) is 11.3. The van der Waals surface area contributed by atoms with Gasteiger partial charge >= 0.3 is 5.97 Å². The number of amides is 1. The molecule has 0 atom stereocenters. The Labute approximate surface area is 141 Å². The van der Waals surface area contributed by atoms with Gasteiger partial charge in [0.15, 0.2) is 5.69 Å². The average molecular weight is 329 g/mol. The van der Waals surface area contributed by atoms with E-state index in [1.54, 1.807) is 10.7 Å². The summed E-state index contributed by atoms with van der Waals surface area (Å²) >= 11 is 0. The lowest BCUT2D eigenvalue weighted by molar-refractivity contribution is -0.138. The molecule has 0 spiro atoms. The molecule has 1 aromatic heterocycles. The maximum atomic E-state index is 12.6. The van der Waals surface area contributed by atoms with Gasteiger partial charge < -0.3 is 10.4 Å². The van der Waals surface area contributed by atoms with E-state index in [-0.39, 0.29) is 18.0 Å². The molecule has 6 nitrogen and oxygen atoms in total. The molecule has 0 saturated carbocycles. The Morgan fingerprint density at radius 1 is 1.21 bits per heavy atom. The highest BCUT2D eigenvalue weighted by atomic mass is 16.4. The van der Waals surface area contributed by atoms with Crippen molar-refractivity contribution in [2.45, 2.75) is 45.6 Å². The zero-order chi connectivity index (χ0) is 17.7. The van der Waals surface area contributed by atoms with Crippen LogP contribution in [0.15, 0.2) is 36.4 Å². The quantitative estimate of drug-likeness (QED) is 0.818. The van der Waals surface area contributed by atoms with Crippen molar-refractivity contribution in [1.29, 1.82) is 0 Å². The number of carbonyl (C=O) groups excluding carboxylic acids is 1. The molecule has 0 unspecified atom stereocenters. The number of nitrogens with one attached hydrogen (secondary N) is 1. The van der Waals surface area contributed by atoms with Crippen LogP contribution in [0.1, 0.15) is 49.3 Å². The molecule has 0 aliphatic carbocycles. The van der Waals surface area contributed by atoms with Crippen molar-refractivity contribution in [3.63, 3.8) is 0 Å². The second kappa shape index (κ2) is 7.29. The third kappa shape index (κ3) is 3.82. The van der Waals surface area contributed by atoms with Crippen molar-refractivity contribution in [1.82, 2.24) is 15.1 Å². The van der Waals surface area contributed by atoms with Crippen LogP contribution in [-0.2, 0) is 4.79 Å². The molecule has 1 aromatic carbocycles. The number of aryl methyl sites for hydroxylation is 1. The van der Waals surface area contributed by atoms with Crippen molar-refractivity contribution in [3.8, 4) is 5.69 Å². The molecular weight excluding hydrogens is 306 g/mol. The zero-order valence-electron chi connectivity index (χ0n) is 14.2. The number of carboxylic acids is 1. The van der Waals surface area contributed by atoms with E-state index in [0.29, 0.717) is 12.8 Å². The van der Waals surface area contributed by atoms with Crippen LogP contribution in [0.25, 0.3) is 5.69 Å². The number of nitrogens with zero attached hydrogens (tertiary/aromatic N) is 2. The fourth-order valence-electron chi connectivity index (χ4n) is 2.73. The maximum absolute atomic E-state index is 12.6. The minimum absolute atomic E-state index is 0.107. The summed E-state index contributed by atoms with van der Waals surface area (Å²) in [6, 6.07) is 11.3. The van der Waals surface area contributed by atoms with Crippen molar-refractivity contribution in [2.24, 2.45) is 0 Å². The minimum atomic E-state index is -0.926. The highest BCUT2D eigenvalue weighted by molar-refractivity contribution is 5.93. The Morgan fingerprint density at radius 3 is 2.38 bits per heavy atom. The summed E-state index contributed by atoms with van der Waals surface area (Å²) in [6.45, 7) is 5.63. The molecule has 0 radical (unpaired) electrons. The molecule has 0 bridgehead atoms. The Bertz CT molecular complexity index is 718. The smallest absolute Gasteiger partial charge is 0.305 e. The summed E-state index contributed by atoms with van der Waals surface area (Å²) in [7, 11) is 0. The highest BCUT2D eigenvalue weighted by Gasteiger charge is 2.32. The second-order valence-electron chi connectivity index (χ2n) is 5.93. The summed E-state index contributed by atoms with van der Waals surface area (Å²) in [5.41, 5.74) is 1.24. The van der Waals surface area contributed by atoms with Crippen molar-refractivity contribution in [3.05, 3.63) is 47.8 Å². The summed E-state index contributed by atoms with van der Waals surface area (Å²) in [6.07, 6.45) is 0.976. The van der Waals surface area contributed by atoms with Gasteiger partial charge in [-0.25, -0.2) is 4.68 Å². The Kier molecular flexibility index (Phi) is 5.39. The third-order valence-corrected chi connectivity index (χ3v) is 4.34. The average Bonchev–Trinajstić information content (AvgIpc) is 2.96. The summed E-state index contributed by atoms with van der Waals surface area (Å²) in [5.74, 6) is -1.28. The first-order valence-corrected chi connectivity index (χ1v) is 8.07. The minimum Gasteiger partial charge on any atom is -0.481 e. The third-order valence-electron chi connectivity index (χ3n) is 4.34. The van der Waals surface area contributed by atoms with Crippen LogP contribution < -0.4 is 5.32 Å². The lowest BCUT2D eigenvalue weighted by Gasteiger charge is -2.31. The zero-order valence-corrected chi connectivity index (χ0v) is 14.2. The Hall–Kier alpha value is -2.63. The van der Waals surface area contributed by atoms with Gasteiger partial charge in [0, 0.05) is 5.69 Å². The van der Waals surface area contributed by atoms with Gasteiger partial charge in [-0.3, -0.25) is 9.59 Å². The molecule has 0 aliphatic rings. The molecule has 2 aromatic rings. The molecule has 2 N–H and O–H groups in total.